The van der Waals surface area contributed by atoms with E-state index in [2.05, 4.69) is 17.9 Å². The molecule has 0 spiro atoms. The largest absolute Gasteiger partial charge is 0.396 e. The molecule has 17 heavy (non-hydrogen) atoms. The van der Waals surface area contributed by atoms with E-state index in [9.17, 15) is 4.79 Å². The maximum Gasteiger partial charge on any atom is 0.224 e. The fourth-order valence-electron chi connectivity index (χ4n) is 1.59. The number of carbonyl (C=O) groups excluding carboxylic acids is 1. The molecule has 3 nitrogen and oxygen atoms in total. The van der Waals surface area contributed by atoms with Gasteiger partial charge in [-0.05, 0) is 37.5 Å². The van der Waals surface area contributed by atoms with Gasteiger partial charge in [0.05, 0.1) is 6.42 Å². The van der Waals surface area contributed by atoms with Crippen molar-refractivity contribution in [1.82, 2.24) is 5.32 Å². The van der Waals surface area contributed by atoms with Crippen LogP contribution in [-0.2, 0) is 11.2 Å². The number of benzene rings is 1. The quantitative estimate of drug-likeness (QED) is 0.677. The van der Waals surface area contributed by atoms with Crippen LogP contribution in [0.4, 0.5) is 0 Å². The molecule has 0 bridgehead atoms. The molecule has 1 rings (SSSR count). The van der Waals surface area contributed by atoms with E-state index in [1.54, 1.807) is 0 Å². The molecule has 2 N–H and O–H groups in total. The first-order valence-electron chi connectivity index (χ1n) is 5.80. The summed E-state index contributed by atoms with van der Waals surface area (Å²) in [5.74, 6) is 0.0161. The third-order valence-electron chi connectivity index (χ3n) is 2.50. The molecule has 1 aromatic rings. The number of carbonyl (C=O) groups is 1. The maximum absolute atomic E-state index is 11.7. The SMILES string of the molecule is CC(CCCO)NC(=O)Cc1ccc(S)cc1. The minimum atomic E-state index is 0.0161. The van der Waals surface area contributed by atoms with Gasteiger partial charge in [-0.2, -0.15) is 0 Å². The minimum Gasteiger partial charge on any atom is -0.396 e. The van der Waals surface area contributed by atoms with Gasteiger partial charge < -0.3 is 10.4 Å². The van der Waals surface area contributed by atoms with Gasteiger partial charge >= 0.3 is 0 Å². The van der Waals surface area contributed by atoms with Gasteiger partial charge in [-0.15, -0.1) is 12.6 Å². The number of aliphatic hydroxyl groups is 1. The molecule has 1 aromatic carbocycles. The Morgan fingerprint density at radius 3 is 2.65 bits per heavy atom. The van der Waals surface area contributed by atoms with Gasteiger partial charge in [-0.25, -0.2) is 0 Å². The smallest absolute Gasteiger partial charge is 0.224 e. The van der Waals surface area contributed by atoms with Crippen molar-refractivity contribution in [3.8, 4) is 0 Å². The van der Waals surface area contributed by atoms with Crippen LogP contribution in [-0.4, -0.2) is 23.7 Å². The predicted molar refractivity (Wildman–Crippen MR) is 71.3 cm³/mol. The molecule has 0 aromatic heterocycles. The van der Waals surface area contributed by atoms with E-state index in [0.29, 0.717) is 6.42 Å². The molecule has 0 radical (unpaired) electrons. The molecule has 0 saturated heterocycles. The first-order valence-corrected chi connectivity index (χ1v) is 6.24. The second-order valence-electron chi connectivity index (χ2n) is 4.18. The van der Waals surface area contributed by atoms with Gasteiger partial charge in [-0.3, -0.25) is 4.79 Å². The van der Waals surface area contributed by atoms with Gasteiger partial charge in [0.2, 0.25) is 5.91 Å². The van der Waals surface area contributed by atoms with Crippen molar-refractivity contribution in [3.63, 3.8) is 0 Å². The Labute approximate surface area is 108 Å². The highest BCUT2D eigenvalue weighted by Crippen LogP contribution is 2.08. The number of nitrogens with one attached hydrogen (secondary N) is 1. The number of hydrogen-bond donors (Lipinski definition) is 3. The molecule has 0 aliphatic heterocycles. The maximum atomic E-state index is 11.7. The van der Waals surface area contributed by atoms with Crippen molar-refractivity contribution < 1.29 is 9.90 Å². The van der Waals surface area contributed by atoms with Crippen LogP contribution in [0.25, 0.3) is 0 Å². The summed E-state index contributed by atoms with van der Waals surface area (Å²) >= 11 is 4.19. The number of aliphatic hydroxyl groups excluding tert-OH is 1. The van der Waals surface area contributed by atoms with Crippen LogP contribution in [0.2, 0.25) is 0 Å². The van der Waals surface area contributed by atoms with Gasteiger partial charge in [0.25, 0.3) is 0 Å². The zero-order chi connectivity index (χ0) is 12.7. The summed E-state index contributed by atoms with van der Waals surface area (Å²) in [6, 6.07) is 7.67. The van der Waals surface area contributed by atoms with Crippen LogP contribution in [0, 0.1) is 0 Å². The van der Waals surface area contributed by atoms with Crippen LogP contribution in [0.5, 0.6) is 0 Å². The van der Waals surface area contributed by atoms with E-state index in [4.69, 9.17) is 5.11 Å². The number of hydrogen-bond acceptors (Lipinski definition) is 3. The summed E-state index contributed by atoms with van der Waals surface area (Å²) in [5.41, 5.74) is 0.981. The lowest BCUT2D eigenvalue weighted by atomic mass is 10.1. The Hall–Kier alpha value is -1.00. The Kier molecular flexibility index (Phi) is 6.08. The van der Waals surface area contributed by atoms with E-state index in [0.717, 1.165) is 23.3 Å². The van der Waals surface area contributed by atoms with Crippen molar-refractivity contribution in [1.29, 1.82) is 0 Å². The predicted octanol–water partition coefficient (Wildman–Crippen LogP) is 1.79. The summed E-state index contributed by atoms with van der Waals surface area (Å²) in [6.07, 6.45) is 1.91. The topological polar surface area (TPSA) is 49.3 Å². The fourth-order valence-corrected chi connectivity index (χ4v) is 1.74. The minimum absolute atomic E-state index is 0.0161. The van der Waals surface area contributed by atoms with E-state index in [-0.39, 0.29) is 18.6 Å². The first-order chi connectivity index (χ1) is 8.11. The summed E-state index contributed by atoms with van der Waals surface area (Å²) in [4.78, 5) is 12.6. The normalized spacial score (nSPS) is 12.2. The summed E-state index contributed by atoms with van der Waals surface area (Å²) in [5, 5.41) is 11.6. The van der Waals surface area contributed by atoms with Crippen molar-refractivity contribution in [2.75, 3.05) is 6.61 Å². The van der Waals surface area contributed by atoms with Crippen molar-refractivity contribution in [2.24, 2.45) is 0 Å². The average Bonchev–Trinajstić information content (AvgIpc) is 2.29. The fraction of sp³-hybridized carbons (Fsp3) is 0.462. The van der Waals surface area contributed by atoms with Gasteiger partial charge in [0.15, 0.2) is 0 Å². The monoisotopic (exact) mass is 253 g/mol. The lowest BCUT2D eigenvalue weighted by molar-refractivity contribution is -0.121. The molecular formula is C13H19NO2S. The van der Waals surface area contributed by atoms with E-state index in [1.165, 1.54) is 0 Å². The number of thiol groups is 1. The molecule has 4 heteroatoms. The molecule has 1 unspecified atom stereocenters. The number of amides is 1. The van der Waals surface area contributed by atoms with E-state index < -0.39 is 0 Å². The zero-order valence-corrected chi connectivity index (χ0v) is 10.9. The standard InChI is InChI=1S/C13H19NO2S/c1-10(3-2-8-15)14-13(16)9-11-4-6-12(17)7-5-11/h4-7,10,15,17H,2-3,8-9H2,1H3,(H,14,16). The van der Waals surface area contributed by atoms with Crippen LogP contribution in [0.3, 0.4) is 0 Å². The summed E-state index contributed by atoms with van der Waals surface area (Å²) < 4.78 is 0. The van der Waals surface area contributed by atoms with Crippen LogP contribution in [0.1, 0.15) is 25.3 Å². The second kappa shape index (κ2) is 7.35. The Morgan fingerprint density at radius 2 is 2.06 bits per heavy atom. The molecule has 0 aliphatic rings. The van der Waals surface area contributed by atoms with Crippen molar-refractivity contribution in [2.45, 2.75) is 37.1 Å². The second-order valence-corrected chi connectivity index (χ2v) is 4.69. The highest BCUT2D eigenvalue weighted by atomic mass is 32.1. The van der Waals surface area contributed by atoms with Crippen LogP contribution in [0.15, 0.2) is 29.2 Å². The Balaban J connectivity index is 2.36. The zero-order valence-electron chi connectivity index (χ0n) is 10.0. The van der Waals surface area contributed by atoms with Crippen LogP contribution < -0.4 is 5.32 Å². The summed E-state index contributed by atoms with van der Waals surface area (Å²) in [6.45, 7) is 2.12. The highest BCUT2D eigenvalue weighted by molar-refractivity contribution is 7.80. The highest BCUT2D eigenvalue weighted by Gasteiger charge is 2.07. The third kappa shape index (κ3) is 5.75. The number of rotatable bonds is 6. The summed E-state index contributed by atoms with van der Waals surface area (Å²) in [7, 11) is 0. The van der Waals surface area contributed by atoms with Gasteiger partial charge in [0, 0.05) is 17.5 Å². The molecule has 1 atom stereocenters. The van der Waals surface area contributed by atoms with E-state index in [1.807, 2.05) is 31.2 Å². The van der Waals surface area contributed by atoms with E-state index >= 15 is 0 Å². The third-order valence-corrected chi connectivity index (χ3v) is 2.80. The Morgan fingerprint density at radius 1 is 1.41 bits per heavy atom. The van der Waals surface area contributed by atoms with Gasteiger partial charge in [0.1, 0.15) is 0 Å². The molecule has 0 heterocycles. The molecular weight excluding hydrogens is 234 g/mol. The lowest BCUT2D eigenvalue weighted by Gasteiger charge is -2.13. The van der Waals surface area contributed by atoms with Crippen molar-refractivity contribution >= 4 is 18.5 Å². The molecule has 0 saturated carbocycles. The Bertz CT molecular complexity index is 351. The first kappa shape index (κ1) is 14.1. The van der Waals surface area contributed by atoms with Crippen molar-refractivity contribution in [3.05, 3.63) is 29.8 Å². The molecule has 0 aliphatic carbocycles. The molecule has 0 fully saturated rings. The molecule has 1 amide bonds. The lowest BCUT2D eigenvalue weighted by Crippen LogP contribution is -2.33. The van der Waals surface area contributed by atoms with Gasteiger partial charge in [-0.1, -0.05) is 12.1 Å². The average molecular weight is 253 g/mol. The van der Waals surface area contributed by atoms with Crippen LogP contribution >= 0.6 is 12.6 Å². The molecule has 94 valence electrons.